The molecule has 0 aliphatic carbocycles. The van der Waals surface area contributed by atoms with Crippen molar-refractivity contribution in [3.63, 3.8) is 0 Å². The van der Waals surface area contributed by atoms with Gasteiger partial charge >= 0.3 is 5.69 Å². The van der Waals surface area contributed by atoms with Crippen molar-refractivity contribution in [2.24, 2.45) is 0 Å². The van der Waals surface area contributed by atoms with Gasteiger partial charge in [-0.1, -0.05) is 24.3 Å². The van der Waals surface area contributed by atoms with E-state index in [1.807, 2.05) is 18.2 Å². The minimum absolute atomic E-state index is 0.0578. The summed E-state index contributed by atoms with van der Waals surface area (Å²) in [7, 11) is 0. The number of carbonyl (C=O) groups is 1. The number of nitrogens with zero attached hydrogens (tertiary/aromatic N) is 2. The second-order valence-electron chi connectivity index (χ2n) is 5.07. The van der Waals surface area contributed by atoms with Gasteiger partial charge in [0.1, 0.15) is 6.54 Å². The van der Waals surface area contributed by atoms with Gasteiger partial charge in [0.25, 0.3) is 5.56 Å². The first-order valence-electron chi connectivity index (χ1n) is 6.78. The van der Waals surface area contributed by atoms with E-state index < -0.39 is 11.2 Å². The van der Waals surface area contributed by atoms with Gasteiger partial charge in [-0.15, -0.1) is 0 Å². The van der Waals surface area contributed by atoms with Crippen molar-refractivity contribution in [3.05, 3.63) is 68.5 Å². The van der Waals surface area contributed by atoms with Crippen molar-refractivity contribution in [1.82, 2.24) is 14.5 Å². The molecule has 1 N–H and O–H groups in total. The van der Waals surface area contributed by atoms with Crippen molar-refractivity contribution >= 4 is 5.91 Å². The number of amides is 1. The van der Waals surface area contributed by atoms with Crippen LogP contribution in [0.25, 0.3) is 0 Å². The summed E-state index contributed by atoms with van der Waals surface area (Å²) in [5, 5.41) is 0. The lowest BCUT2D eigenvalue weighted by Gasteiger charge is -2.29. The van der Waals surface area contributed by atoms with E-state index in [1.165, 1.54) is 22.4 Å². The van der Waals surface area contributed by atoms with Crippen LogP contribution in [0.4, 0.5) is 0 Å². The summed E-state index contributed by atoms with van der Waals surface area (Å²) < 4.78 is 1.21. The molecule has 1 amide bonds. The number of nitrogens with one attached hydrogen (secondary N) is 1. The first kappa shape index (κ1) is 13.4. The minimum atomic E-state index is -0.562. The highest BCUT2D eigenvalue weighted by atomic mass is 16.2. The Balaban J connectivity index is 1.75. The van der Waals surface area contributed by atoms with Crippen molar-refractivity contribution in [2.75, 3.05) is 6.54 Å². The molecule has 3 rings (SSSR count). The molecule has 1 aromatic carbocycles. The Morgan fingerprint density at radius 2 is 1.90 bits per heavy atom. The predicted molar refractivity (Wildman–Crippen MR) is 76.9 cm³/mol. The van der Waals surface area contributed by atoms with Crippen LogP contribution in [0.1, 0.15) is 11.1 Å². The lowest BCUT2D eigenvalue weighted by Crippen LogP contribution is -2.40. The zero-order valence-corrected chi connectivity index (χ0v) is 11.4. The number of rotatable bonds is 2. The number of hydrogen-bond acceptors (Lipinski definition) is 3. The number of benzene rings is 1. The summed E-state index contributed by atoms with van der Waals surface area (Å²) in [4.78, 5) is 38.8. The van der Waals surface area contributed by atoms with Crippen LogP contribution >= 0.6 is 0 Å². The maximum atomic E-state index is 12.3. The van der Waals surface area contributed by atoms with Crippen LogP contribution in [0.15, 0.2) is 46.1 Å². The second kappa shape index (κ2) is 5.40. The Kier molecular flexibility index (Phi) is 3.43. The van der Waals surface area contributed by atoms with Crippen LogP contribution < -0.4 is 11.2 Å². The molecule has 6 nitrogen and oxygen atoms in total. The molecule has 0 saturated carbocycles. The molecule has 0 radical (unpaired) electrons. The van der Waals surface area contributed by atoms with Crippen LogP contribution in [0.5, 0.6) is 0 Å². The van der Waals surface area contributed by atoms with E-state index in [-0.39, 0.29) is 12.5 Å². The average molecular weight is 285 g/mol. The molecule has 1 aliphatic rings. The number of H-pyrrole nitrogens is 1. The number of fused-ring (bicyclic) bond motifs is 1. The third-order valence-corrected chi connectivity index (χ3v) is 3.69. The van der Waals surface area contributed by atoms with Crippen LogP contribution in [0.3, 0.4) is 0 Å². The SMILES string of the molecule is O=C(Cn1ccc(=O)[nH]c1=O)N1CCc2ccccc2C1. The molecule has 0 fully saturated rings. The van der Waals surface area contributed by atoms with E-state index in [4.69, 9.17) is 0 Å². The Hall–Kier alpha value is -2.63. The molecule has 6 heteroatoms. The highest BCUT2D eigenvalue weighted by Crippen LogP contribution is 2.18. The fourth-order valence-electron chi connectivity index (χ4n) is 2.52. The second-order valence-corrected chi connectivity index (χ2v) is 5.07. The fourth-order valence-corrected chi connectivity index (χ4v) is 2.52. The van der Waals surface area contributed by atoms with Gasteiger partial charge in [-0.05, 0) is 17.5 Å². The van der Waals surface area contributed by atoms with Crippen LogP contribution in [-0.2, 0) is 24.3 Å². The molecule has 0 saturated heterocycles. The van der Waals surface area contributed by atoms with Crippen molar-refractivity contribution in [3.8, 4) is 0 Å². The van der Waals surface area contributed by atoms with Gasteiger partial charge in [0.15, 0.2) is 0 Å². The van der Waals surface area contributed by atoms with Crippen LogP contribution in [0, 0.1) is 0 Å². The smallest absolute Gasteiger partial charge is 0.328 e. The fraction of sp³-hybridized carbons (Fsp3) is 0.267. The molecule has 108 valence electrons. The quantitative estimate of drug-likeness (QED) is 0.851. The summed E-state index contributed by atoms with van der Waals surface area (Å²) >= 11 is 0. The first-order valence-corrected chi connectivity index (χ1v) is 6.78. The van der Waals surface area contributed by atoms with Crippen molar-refractivity contribution in [2.45, 2.75) is 19.5 Å². The third-order valence-electron chi connectivity index (χ3n) is 3.69. The number of aromatic nitrogens is 2. The molecule has 1 aromatic heterocycles. The van der Waals surface area contributed by atoms with Gasteiger partial charge in [-0.25, -0.2) is 4.79 Å². The van der Waals surface area contributed by atoms with E-state index in [0.717, 1.165) is 12.0 Å². The van der Waals surface area contributed by atoms with Gasteiger partial charge in [0.2, 0.25) is 5.91 Å². The predicted octanol–water partition coefficient (Wildman–Crippen LogP) is 0.122. The topological polar surface area (TPSA) is 75.2 Å². The molecular weight excluding hydrogens is 270 g/mol. The van der Waals surface area contributed by atoms with E-state index in [0.29, 0.717) is 13.1 Å². The third kappa shape index (κ3) is 2.79. The Labute approximate surface area is 120 Å². The van der Waals surface area contributed by atoms with E-state index in [1.54, 1.807) is 4.90 Å². The number of aromatic amines is 1. The monoisotopic (exact) mass is 285 g/mol. The molecule has 0 unspecified atom stereocenters. The largest absolute Gasteiger partial charge is 0.336 e. The van der Waals surface area contributed by atoms with Gasteiger partial charge in [0.05, 0.1) is 0 Å². The molecular formula is C15H15N3O3. The summed E-state index contributed by atoms with van der Waals surface area (Å²) in [6.07, 6.45) is 2.17. The maximum absolute atomic E-state index is 12.3. The molecule has 2 heterocycles. The van der Waals surface area contributed by atoms with Gasteiger partial charge in [-0.2, -0.15) is 0 Å². The van der Waals surface area contributed by atoms with Crippen molar-refractivity contribution in [1.29, 1.82) is 0 Å². The van der Waals surface area contributed by atoms with E-state index in [9.17, 15) is 14.4 Å². The number of carbonyl (C=O) groups excluding carboxylic acids is 1. The molecule has 0 bridgehead atoms. The Bertz CT molecular complexity index is 791. The minimum Gasteiger partial charge on any atom is -0.336 e. The first-order chi connectivity index (χ1) is 10.1. The highest BCUT2D eigenvalue weighted by Gasteiger charge is 2.20. The lowest BCUT2D eigenvalue weighted by molar-refractivity contribution is -0.132. The summed E-state index contributed by atoms with van der Waals surface area (Å²) in [6.45, 7) is 1.15. The molecule has 0 atom stereocenters. The average Bonchev–Trinajstić information content (AvgIpc) is 2.49. The maximum Gasteiger partial charge on any atom is 0.328 e. The zero-order chi connectivity index (χ0) is 14.8. The molecule has 0 spiro atoms. The zero-order valence-electron chi connectivity index (χ0n) is 11.4. The summed E-state index contributed by atoms with van der Waals surface area (Å²) in [6, 6.07) is 9.28. The van der Waals surface area contributed by atoms with Crippen LogP contribution in [-0.4, -0.2) is 26.9 Å². The van der Waals surface area contributed by atoms with E-state index in [2.05, 4.69) is 11.1 Å². The summed E-state index contributed by atoms with van der Waals surface area (Å²) in [5.41, 5.74) is 1.39. The summed E-state index contributed by atoms with van der Waals surface area (Å²) in [5.74, 6) is -0.126. The lowest BCUT2D eigenvalue weighted by atomic mass is 10.00. The van der Waals surface area contributed by atoms with E-state index >= 15 is 0 Å². The molecule has 2 aromatic rings. The van der Waals surface area contributed by atoms with Gasteiger partial charge < -0.3 is 4.90 Å². The van der Waals surface area contributed by atoms with Gasteiger partial charge in [0, 0.05) is 25.4 Å². The van der Waals surface area contributed by atoms with Gasteiger partial charge in [-0.3, -0.25) is 19.1 Å². The molecule has 1 aliphatic heterocycles. The van der Waals surface area contributed by atoms with Crippen LogP contribution in [0.2, 0.25) is 0 Å². The Morgan fingerprint density at radius 3 is 2.67 bits per heavy atom. The number of hydrogen-bond donors (Lipinski definition) is 1. The highest BCUT2D eigenvalue weighted by molar-refractivity contribution is 5.76. The molecule has 21 heavy (non-hydrogen) atoms. The Morgan fingerprint density at radius 1 is 1.14 bits per heavy atom. The standard InChI is InChI=1S/C15H15N3O3/c19-13-6-8-18(15(21)16-13)10-14(20)17-7-5-11-3-1-2-4-12(11)9-17/h1-4,6,8H,5,7,9-10H2,(H,16,19,21). The van der Waals surface area contributed by atoms with Crippen molar-refractivity contribution < 1.29 is 4.79 Å². The normalized spacial score (nSPS) is 13.8.